The highest BCUT2D eigenvalue weighted by molar-refractivity contribution is 7.89. The molecule has 0 radical (unpaired) electrons. The number of nitrogens with one attached hydrogen (secondary N) is 2. The summed E-state index contributed by atoms with van der Waals surface area (Å²) in [6, 6.07) is 11.8. The van der Waals surface area contributed by atoms with E-state index in [0.29, 0.717) is 29.4 Å². The van der Waals surface area contributed by atoms with Crippen molar-refractivity contribution >= 4 is 27.3 Å². The van der Waals surface area contributed by atoms with Crippen LogP contribution in [0.2, 0.25) is 0 Å². The maximum atomic E-state index is 13.1. The second kappa shape index (κ2) is 8.52. The first-order valence-corrected chi connectivity index (χ1v) is 11.4. The van der Waals surface area contributed by atoms with Crippen molar-refractivity contribution in [2.75, 3.05) is 32.7 Å². The summed E-state index contributed by atoms with van der Waals surface area (Å²) in [5.74, 6) is -0.218. The summed E-state index contributed by atoms with van der Waals surface area (Å²) in [6.45, 7) is 7.58. The normalized spacial score (nSPS) is 16.4. The molecule has 27 heavy (non-hydrogen) atoms. The lowest BCUT2D eigenvalue weighted by Gasteiger charge is -2.31. The minimum Gasteiger partial charge on any atom is -0.352 e. The van der Waals surface area contributed by atoms with Gasteiger partial charge in [-0.25, -0.2) is 8.42 Å². The van der Waals surface area contributed by atoms with E-state index >= 15 is 0 Å². The lowest BCUT2D eigenvalue weighted by atomic mass is 10.2. The number of amides is 1. The molecule has 1 fully saturated rings. The number of thiophene rings is 1. The largest absolute Gasteiger partial charge is 0.352 e. The Hall–Kier alpha value is -1.74. The smallest absolute Gasteiger partial charge is 0.261 e. The van der Waals surface area contributed by atoms with Crippen LogP contribution in [-0.4, -0.2) is 51.4 Å². The molecular formula is C19H26N3O3S2+. The predicted octanol–water partition coefficient (Wildman–Crippen LogP) is 0.896. The number of nitrogens with zero attached hydrogens (tertiary/aromatic N) is 1. The number of carbonyl (C=O) groups excluding carboxylic acids is 1. The number of benzene rings is 1. The molecule has 1 aliphatic heterocycles. The molecule has 0 spiro atoms. The monoisotopic (exact) mass is 408 g/mol. The molecule has 2 N–H and O–H groups in total. The molecule has 0 atom stereocenters. The van der Waals surface area contributed by atoms with Crippen molar-refractivity contribution in [3.05, 3.63) is 51.7 Å². The molecular weight excluding hydrogens is 382 g/mol. The Balaban J connectivity index is 1.67. The van der Waals surface area contributed by atoms with Gasteiger partial charge in [0.05, 0.1) is 36.0 Å². The molecule has 2 heterocycles. The maximum Gasteiger partial charge on any atom is 0.261 e. The van der Waals surface area contributed by atoms with Gasteiger partial charge in [-0.15, -0.1) is 11.3 Å². The van der Waals surface area contributed by atoms with E-state index in [4.69, 9.17) is 0 Å². The fourth-order valence-corrected chi connectivity index (χ4v) is 6.24. The van der Waals surface area contributed by atoms with Crippen molar-refractivity contribution in [2.45, 2.75) is 25.3 Å². The summed E-state index contributed by atoms with van der Waals surface area (Å²) in [7, 11) is -3.57. The van der Waals surface area contributed by atoms with Crippen molar-refractivity contribution in [3.8, 4) is 0 Å². The van der Waals surface area contributed by atoms with E-state index in [1.165, 1.54) is 27.9 Å². The van der Waals surface area contributed by atoms with Crippen LogP contribution >= 0.6 is 11.3 Å². The van der Waals surface area contributed by atoms with Crippen LogP contribution in [0.1, 0.15) is 27.0 Å². The lowest BCUT2D eigenvalue weighted by Crippen LogP contribution is -3.13. The molecule has 3 rings (SSSR count). The second-order valence-electron chi connectivity index (χ2n) is 6.71. The molecule has 1 saturated heterocycles. The van der Waals surface area contributed by atoms with Crippen LogP contribution in [-0.2, 0) is 16.6 Å². The Morgan fingerprint density at radius 2 is 1.89 bits per heavy atom. The third kappa shape index (κ3) is 4.57. The number of hydrogen-bond donors (Lipinski definition) is 2. The SMILES string of the molecule is CCNC(=O)c1cc(S(=O)(=O)N2CC[NH+](Cc3ccccc3)CC2)c(C)s1. The molecule has 1 aliphatic rings. The zero-order chi connectivity index (χ0) is 19.4. The first-order valence-electron chi connectivity index (χ1n) is 9.18. The van der Waals surface area contributed by atoms with Gasteiger partial charge in [0.15, 0.2) is 0 Å². The topological polar surface area (TPSA) is 70.9 Å². The summed E-state index contributed by atoms with van der Waals surface area (Å²) < 4.78 is 27.7. The summed E-state index contributed by atoms with van der Waals surface area (Å²) in [6.07, 6.45) is 0. The Labute approximate surface area is 164 Å². The van der Waals surface area contributed by atoms with Gasteiger partial charge in [0.2, 0.25) is 10.0 Å². The lowest BCUT2D eigenvalue weighted by molar-refractivity contribution is -0.917. The van der Waals surface area contributed by atoms with E-state index in [0.717, 1.165) is 19.6 Å². The highest BCUT2D eigenvalue weighted by Gasteiger charge is 2.33. The fraction of sp³-hybridized carbons (Fsp3) is 0.421. The van der Waals surface area contributed by atoms with Gasteiger partial charge in [-0.3, -0.25) is 4.79 Å². The molecule has 0 saturated carbocycles. The van der Waals surface area contributed by atoms with Crippen LogP contribution in [0, 0.1) is 6.92 Å². The zero-order valence-electron chi connectivity index (χ0n) is 15.7. The van der Waals surface area contributed by atoms with Gasteiger partial charge in [0, 0.05) is 17.0 Å². The molecule has 1 aromatic heterocycles. The van der Waals surface area contributed by atoms with Crippen LogP contribution in [0.25, 0.3) is 0 Å². The number of rotatable bonds is 6. The van der Waals surface area contributed by atoms with Crippen molar-refractivity contribution in [1.82, 2.24) is 9.62 Å². The number of aryl methyl sites for hydroxylation is 1. The summed E-state index contributed by atoms with van der Waals surface area (Å²) in [5.41, 5.74) is 1.27. The van der Waals surface area contributed by atoms with Crippen LogP contribution in [0.3, 0.4) is 0 Å². The van der Waals surface area contributed by atoms with E-state index in [1.807, 2.05) is 25.1 Å². The molecule has 2 aromatic rings. The maximum absolute atomic E-state index is 13.1. The first-order chi connectivity index (χ1) is 12.9. The van der Waals surface area contributed by atoms with Gasteiger partial charge in [-0.05, 0) is 19.9 Å². The minimum absolute atomic E-state index is 0.218. The molecule has 8 heteroatoms. The summed E-state index contributed by atoms with van der Waals surface area (Å²) in [5, 5.41) is 2.72. The van der Waals surface area contributed by atoms with E-state index in [-0.39, 0.29) is 10.8 Å². The molecule has 0 bridgehead atoms. The van der Waals surface area contributed by atoms with Gasteiger partial charge in [0.1, 0.15) is 6.54 Å². The highest BCUT2D eigenvalue weighted by atomic mass is 32.2. The second-order valence-corrected chi connectivity index (χ2v) is 9.87. The number of quaternary nitrogens is 1. The molecule has 146 valence electrons. The van der Waals surface area contributed by atoms with Crippen molar-refractivity contribution in [3.63, 3.8) is 0 Å². The van der Waals surface area contributed by atoms with Gasteiger partial charge in [0.25, 0.3) is 5.91 Å². The third-order valence-electron chi connectivity index (χ3n) is 4.78. The van der Waals surface area contributed by atoms with Gasteiger partial charge in [-0.1, -0.05) is 30.3 Å². The average Bonchev–Trinajstić information content (AvgIpc) is 3.06. The van der Waals surface area contributed by atoms with Gasteiger partial charge < -0.3 is 10.2 Å². The zero-order valence-corrected chi connectivity index (χ0v) is 17.3. The third-order valence-corrected chi connectivity index (χ3v) is 7.98. The van der Waals surface area contributed by atoms with E-state index < -0.39 is 10.0 Å². The Kier molecular flexibility index (Phi) is 6.31. The Bertz CT molecular complexity index is 886. The van der Waals surface area contributed by atoms with Crippen LogP contribution in [0.5, 0.6) is 0 Å². The number of carbonyl (C=O) groups is 1. The predicted molar refractivity (Wildman–Crippen MR) is 107 cm³/mol. The van der Waals surface area contributed by atoms with Crippen LogP contribution < -0.4 is 10.2 Å². The molecule has 1 amide bonds. The quantitative estimate of drug-likeness (QED) is 0.746. The summed E-state index contributed by atoms with van der Waals surface area (Å²) >= 11 is 1.23. The van der Waals surface area contributed by atoms with Crippen LogP contribution in [0.4, 0.5) is 0 Å². The van der Waals surface area contributed by atoms with Crippen molar-refractivity contribution in [2.24, 2.45) is 0 Å². The van der Waals surface area contributed by atoms with Crippen LogP contribution in [0.15, 0.2) is 41.3 Å². The molecule has 0 unspecified atom stereocenters. The minimum atomic E-state index is -3.57. The molecule has 6 nitrogen and oxygen atoms in total. The van der Waals surface area contributed by atoms with Crippen molar-refractivity contribution < 1.29 is 18.1 Å². The van der Waals surface area contributed by atoms with Gasteiger partial charge in [-0.2, -0.15) is 4.31 Å². The number of hydrogen-bond acceptors (Lipinski definition) is 4. The van der Waals surface area contributed by atoms with E-state index in [1.54, 1.807) is 11.2 Å². The Morgan fingerprint density at radius 3 is 2.52 bits per heavy atom. The summed E-state index contributed by atoms with van der Waals surface area (Å²) in [4.78, 5) is 14.8. The van der Waals surface area contributed by atoms with E-state index in [9.17, 15) is 13.2 Å². The van der Waals surface area contributed by atoms with E-state index in [2.05, 4.69) is 17.4 Å². The molecule has 0 aliphatic carbocycles. The molecule has 1 aromatic carbocycles. The number of piperazine rings is 1. The number of sulfonamides is 1. The Morgan fingerprint density at radius 1 is 1.22 bits per heavy atom. The standard InChI is InChI=1S/C19H25N3O3S2/c1-3-20-19(23)17-13-18(15(2)26-17)27(24,25)22-11-9-21(10-12-22)14-16-7-5-4-6-8-16/h4-8,13H,3,9-12,14H2,1-2H3,(H,20,23)/p+1. The highest BCUT2D eigenvalue weighted by Crippen LogP contribution is 2.28. The first kappa shape index (κ1) is 20.0. The fourth-order valence-electron chi connectivity index (χ4n) is 3.32. The van der Waals surface area contributed by atoms with Gasteiger partial charge >= 0.3 is 0 Å². The van der Waals surface area contributed by atoms with Crippen molar-refractivity contribution in [1.29, 1.82) is 0 Å². The average molecular weight is 409 g/mol.